The van der Waals surface area contributed by atoms with Crippen LogP contribution >= 0.6 is 27.5 Å². The van der Waals surface area contributed by atoms with Gasteiger partial charge in [0.1, 0.15) is 0 Å². The fraction of sp³-hybridized carbons (Fsp3) is 0.300. The summed E-state index contributed by atoms with van der Waals surface area (Å²) in [5.41, 5.74) is 1.15. The van der Waals surface area contributed by atoms with Crippen LogP contribution in [0.5, 0.6) is 0 Å². The zero-order chi connectivity index (χ0) is 10.1. The molecule has 0 bridgehead atoms. The van der Waals surface area contributed by atoms with Crippen LogP contribution in [-0.4, -0.2) is 12.5 Å². The highest BCUT2D eigenvalue weighted by molar-refractivity contribution is 9.10. The molecule has 1 aliphatic heterocycles. The second-order valence-electron chi connectivity index (χ2n) is 3.38. The Labute approximate surface area is 95.8 Å². The zero-order valence-corrected chi connectivity index (χ0v) is 9.73. The molecule has 1 unspecified atom stereocenters. The topological polar surface area (TPSA) is 29.1 Å². The maximum absolute atomic E-state index is 11.0. The summed E-state index contributed by atoms with van der Waals surface area (Å²) in [6, 6.07) is 5.80. The lowest BCUT2D eigenvalue weighted by Gasteiger charge is -2.08. The summed E-state index contributed by atoms with van der Waals surface area (Å²) in [6.07, 6.45) is 0.577. The van der Waals surface area contributed by atoms with Crippen LogP contribution in [0.15, 0.2) is 22.7 Å². The molecular weight excluding hydrogens is 265 g/mol. The molecule has 1 atom stereocenters. The molecule has 0 aromatic heterocycles. The van der Waals surface area contributed by atoms with Crippen molar-refractivity contribution in [1.82, 2.24) is 5.32 Å². The number of nitrogens with one attached hydrogen (secondary N) is 1. The van der Waals surface area contributed by atoms with E-state index in [1.807, 2.05) is 18.2 Å². The van der Waals surface area contributed by atoms with E-state index in [1.54, 1.807) is 0 Å². The standard InChI is InChI=1S/C10H9BrClNO/c11-8-3-6(1-2-9(8)12)7-4-10(14)13-5-7/h1-3,7H,4-5H2,(H,13,14). The number of hydrogen-bond donors (Lipinski definition) is 1. The van der Waals surface area contributed by atoms with Crippen molar-refractivity contribution in [3.8, 4) is 0 Å². The Kier molecular flexibility index (Phi) is 2.79. The van der Waals surface area contributed by atoms with Crippen LogP contribution in [0, 0.1) is 0 Å². The summed E-state index contributed by atoms with van der Waals surface area (Å²) in [5, 5.41) is 3.51. The minimum Gasteiger partial charge on any atom is -0.355 e. The molecule has 1 aromatic carbocycles. The van der Waals surface area contributed by atoms with Crippen molar-refractivity contribution >= 4 is 33.4 Å². The summed E-state index contributed by atoms with van der Waals surface area (Å²) in [5.74, 6) is 0.414. The van der Waals surface area contributed by atoms with Gasteiger partial charge >= 0.3 is 0 Å². The SMILES string of the molecule is O=C1CC(c2ccc(Cl)c(Br)c2)CN1. The first kappa shape index (κ1) is 9.99. The molecule has 1 fully saturated rings. The molecule has 2 nitrogen and oxygen atoms in total. The Morgan fingerprint density at radius 3 is 2.86 bits per heavy atom. The maximum Gasteiger partial charge on any atom is 0.220 e. The van der Waals surface area contributed by atoms with Crippen LogP contribution in [0.25, 0.3) is 0 Å². The van der Waals surface area contributed by atoms with Crippen LogP contribution in [0.1, 0.15) is 17.9 Å². The average molecular weight is 275 g/mol. The smallest absolute Gasteiger partial charge is 0.220 e. The lowest BCUT2D eigenvalue weighted by molar-refractivity contribution is -0.119. The highest BCUT2D eigenvalue weighted by Crippen LogP contribution is 2.29. The number of halogens is 2. The predicted molar refractivity (Wildman–Crippen MR) is 59.5 cm³/mol. The number of amides is 1. The predicted octanol–water partition coefficient (Wildman–Crippen LogP) is 2.71. The highest BCUT2D eigenvalue weighted by atomic mass is 79.9. The van der Waals surface area contributed by atoms with E-state index in [0.717, 1.165) is 16.6 Å². The van der Waals surface area contributed by atoms with E-state index in [0.29, 0.717) is 11.4 Å². The third-order valence-electron chi connectivity index (χ3n) is 2.39. The molecule has 2 rings (SSSR count). The minimum absolute atomic E-state index is 0.126. The van der Waals surface area contributed by atoms with Gasteiger partial charge in [-0.25, -0.2) is 0 Å². The average Bonchev–Trinajstić information content (AvgIpc) is 2.57. The molecule has 1 saturated heterocycles. The van der Waals surface area contributed by atoms with Gasteiger partial charge in [0.25, 0.3) is 0 Å². The van der Waals surface area contributed by atoms with E-state index < -0.39 is 0 Å². The first-order valence-corrected chi connectivity index (χ1v) is 5.55. The number of hydrogen-bond acceptors (Lipinski definition) is 1. The second kappa shape index (κ2) is 3.91. The molecule has 0 saturated carbocycles. The third-order valence-corrected chi connectivity index (χ3v) is 3.61. The highest BCUT2D eigenvalue weighted by Gasteiger charge is 2.23. The van der Waals surface area contributed by atoms with E-state index in [1.165, 1.54) is 0 Å². The molecule has 0 radical (unpaired) electrons. The van der Waals surface area contributed by atoms with Crippen LogP contribution in [0.2, 0.25) is 5.02 Å². The van der Waals surface area contributed by atoms with E-state index in [-0.39, 0.29) is 11.8 Å². The number of benzene rings is 1. The summed E-state index contributed by atoms with van der Waals surface area (Å²) in [4.78, 5) is 11.0. The van der Waals surface area contributed by atoms with E-state index in [2.05, 4.69) is 21.2 Å². The first-order chi connectivity index (χ1) is 6.66. The Morgan fingerprint density at radius 2 is 2.29 bits per heavy atom. The molecule has 14 heavy (non-hydrogen) atoms. The molecule has 1 N–H and O–H groups in total. The quantitative estimate of drug-likeness (QED) is 0.838. The van der Waals surface area contributed by atoms with Crippen molar-refractivity contribution in [2.45, 2.75) is 12.3 Å². The summed E-state index contributed by atoms with van der Waals surface area (Å²) in [6.45, 7) is 0.729. The van der Waals surface area contributed by atoms with Gasteiger partial charge in [0.15, 0.2) is 0 Å². The van der Waals surface area contributed by atoms with Crippen LogP contribution < -0.4 is 5.32 Å². The van der Waals surface area contributed by atoms with Gasteiger partial charge in [-0.3, -0.25) is 4.79 Å². The Bertz CT molecular complexity index is 380. The van der Waals surface area contributed by atoms with Gasteiger partial charge in [0, 0.05) is 23.4 Å². The van der Waals surface area contributed by atoms with Crippen molar-refractivity contribution in [2.75, 3.05) is 6.54 Å². The van der Waals surface area contributed by atoms with Gasteiger partial charge < -0.3 is 5.32 Å². The zero-order valence-electron chi connectivity index (χ0n) is 7.39. The first-order valence-electron chi connectivity index (χ1n) is 4.38. The Morgan fingerprint density at radius 1 is 1.50 bits per heavy atom. The third kappa shape index (κ3) is 1.93. The van der Waals surface area contributed by atoms with Gasteiger partial charge in [0.2, 0.25) is 5.91 Å². The normalized spacial score (nSPS) is 21.0. The van der Waals surface area contributed by atoms with Gasteiger partial charge in [-0.15, -0.1) is 0 Å². The van der Waals surface area contributed by atoms with Crippen molar-refractivity contribution in [1.29, 1.82) is 0 Å². The van der Waals surface area contributed by atoms with Crippen LogP contribution in [0.3, 0.4) is 0 Å². The number of carbonyl (C=O) groups excluding carboxylic acids is 1. The summed E-state index contributed by atoms with van der Waals surface area (Å²) in [7, 11) is 0. The maximum atomic E-state index is 11.0. The van der Waals surface area contributed by atoms with E-state index in [4.69, 9.17) is 11.6 Å². The number of carbonyl (C=O) groups is 1. The van der Waals surface area contributed by atoms with E-state index in [9.17, 15) is 4.79 Å². The Hall–Kier alpha value is -0.540. The van der Waals surface area contributed by atoms with Gasteiger partial charge in [-0.05, 0) is 33.6 Å². The van der Waals surface area contributed by atoms with E-state index >= 15 is 0 Å². The van der Waals surface area contributed by atoms with Gasteiger partial charge in [-0.1, -0.05) is 17.7 Å². The summed E-state index contributed by atoms with van der Waals surface area (Å²) >= 11 is 9.26. The molecular formula is C10H9BrClNO. The molecule has 4 heteroatoms. The fourth-order valence-corrected chi connectivity index (χ4v) is 2.12. The van der Waals surface area contributed by atoms with Gasteiger partial charge in [0.05, 0.1) is 5.02 Å². The molecule has 74 valence electrons. The lowest BCUT2D eigenvalue weighted by atomic mass is 9.99. The summed E-state index contributed by atoms with van der Waals surface area (Å²) < 4.78 is 0.885. The molecule has 1 aliphatic rings. The van der Waals surface area contributed by atoms with Crippen LogP contribution in [0.4, 0.5) is 0 Å². The molecule has 1 amide bonds. The van der Waals surface area contributed by atoms with Crippen molar-refractivity contribution in [3.63, 3.8) is 0 Å². The monoisotopic (exact) mass is 273 g/mol. The van der Waals surface area contributed by atoms with Gasteiger partial charge in [-0.2, -0.15) is 0 Å². The Balaban J connectivity index is 2.24. The van der Waals surface area contributed by atoms with Crippen LogP contribution in [-0.2, 0) is 4.79 Å². The minimum atomic E-state index is 0.126. The van der Waals surface area contributed by atoms with Crippen molar-refractivity contribution in [3.05, 3.63) is 33.3 Å². The lowest BCUT2D eigenvalue weighted by Crippen LogP contribution is -2.13. The largest absolute Gasteiger partial charge is 0.355 e. The molecule has 1 aromatic rings. The molecule has 0 aliphatic carbocycles. The molecule has 0 spiro atoms. The van der Waals surface area contributed by atoms with Crippen molar-refractivity contribution in [2.24, 2.45) is 0 Å². The fourth-order valence-electron chi connectivity index (χ4n) is 1.61. The van der Waals surface area contributed by atoms with Crippen molar-refractivity contribution < 1.29 is 4.79 Å². The molecule has 1 heterocycles. The number of rotatable bonds is 1. The second-order valence-corrected chi connectivity index (χ2v) is 4.64.